The molecule has 0 radical (unpaired) electrons. The fourth-order valence-electron chi connectivity index (χ4n) is 1.71. The first-order valence-corrected chi connectivity index (χ1v) is 5.93. The molecule has 0 fully saturated rings. The Bertz CT molecular complexity index is 322. The van der Waals surface area contributed by atoms with Crippen LogP contribution in [0, 0.1) is 5.41 Å². The van der Waals surface area contributed by atoms with Crippen molar-refractivity contribution < 1.29 is 24.2 Å². The topological polar surface area (TPSA) is 92.7 Å². The summed E-state index contributed by atoms with van der Waals surface area (Å²) in [4.78, 5) is 34.1. The first-order chi connectivity index (χ1) is 8.32. The lowest BCUT2D eigenvalue weighted by Gasteiger charge is -2.26. The van der Waals surface area contributed by atoms with Crippen molar-refractivity contribution in [1.29, 1.82) is 0 Å². The molecule has 0 aromatic carbocycles. The molecule has 2 N–H and O–H groups in total. The summed E-state index contributed by atoms with van der Waals surface area (Å²) in [6, 6.07) is -0.775. The van der Waals surface area contributed by atoms with Crippen molar-refractivity contribution in [2.24, 2.45) is 5.41 Å². The Hall–Kier alpha value is -1.59. The molecule has 1 amide bonds. The number of ether oxygens (including phenoxy) is 1. The van der Waals surface area contributed by atoms with Crippen LogP contribution in [-0.4, -0.2) is 36.1 Å². The second-order valence-corrected chi connectivity index (χ2v) is 4.28. The summed E-state index contributed by atoms with van der Waals surface area (Å²) in [5, 5.41) is 11.6. The molecular formula is C12H21NO5. The zero-order valence-electron chi connectivity index (χ0n) is 11.3. The maximum atomic E-state index is 11.7. The highest BCUT2D eigenvalue weighted by Gasteiger charge is 2.37. The largest absolute Gasteiger partial charge is 0.481 e. The molecule has 0 rings (SSSR count). The number of amides is 1. The normalized spacial score (nSPS) is 12.7. The number of hydrogen-bond donors (Lipinski definition) is 2. The van der Waals surface area contributed by atoms with Gasteiger partial charge in [0, 0.05) is 6.42 Å². The van der Waals surface area contributed by atoms with Gasteiger partial charge in [-0.25, -0.2) is 4.79 Å². The van der Waals surface area contributed by atoms with Gasteiger partial charge < -0.3 is 15.2 Å². The number of hydrogen-bond acceptors (Lipinski definition) is 4. The zero-order chi connectivity index (χ0) is 14.3. The molecular weight excluding hydrogens is 238 g/mol. The Balaban J connectivity index is 4.63. The maximum Gasteiger partial charge on any atom is 0.328 e. The number of carbonyl (C=O) groups excluding carboxylic acids is 2. The smallest absolute Gasteiger partial charge is 0.328 e. The van der Waals surface area contributed by atoms with Crippen LogP contribution in [0.5, 0.6) is 0 Å². The van der Waals surface area contributed by atoms with Gasteiger partial charge in [0.2, 0.25) is 5.91 Å². The van der Waals surface area contributed by atoms with Crippen LogP contribution in [-0.2, 0) is 19.1 Å². The summed E-state index contributed by atoms with van der Waals surface area (Å²) in [5.41, 5.74) is -1.07. The Labute approximate surface area is 107 Å². The van der Waals surface area contributed by atoms with E-state index in [4.69, 9.17) is 0 Å². The molecule has 0 bridgehead atoms. The molecule has 0 spiro atoms. The van der Waals surface area contributed by atoms with Crippen molar-refractivity contribution in [3.05, 3.63) is 0 Å². The summed E-state index contributed by atoms with van der Waals surface area (Å²) in [6.45, 7) is 4.95. The molecule has 0 saturated carbocycles. The van der Waals surface area contributed by atoms with Gasteiger partial charge >= 0.3 is 11.9 Å². The second-order valence-electron chi connectivity index (χ2n) is 4.28. The predicted octanol–water partition coefficient (Wildman–Crippen LogP) is 0.945. The number of nitrogens with one attached hydrogen (secondary N) is 1. The summed E-state index contributed by atoms with van der Waals surface area (Å²) in [5.74, 6) is -2.01. The number of esters is 1. The minimum atomic E-state index is -1.07. The number of carbonyl (C=O) groups is 3. The summed E-state index contributed by atoms with van der Waals surface area (Å²) >= 11 is 0. The van der Waals surface area contributed by atoms with Gasteiger partial charge in [-0.2, -0.15) is 0 Å². The van der Waals surface area contributed by atoms with Crippen LogP contribution in [0.4, 0.5) is 0 Å². The monoisotopic (exact) mass is 259 g/mol. The molecule has 18 heavy (non-hydrogen) atoms. The quantitative estimate of drug-likeness (QED) is 0.664. The maximum absolute atomic E-state index is 11.7. The molecule has 0 heterocycles. The van der Waals surface area contributed by atoms with Gasteiger partial charge in [0.05, 0.1) is 12.5 Å². The van der Waals surface area contributed by atoms with Gasteiger partial charge in [0.25, 0.3) is 0 Å². The van der Waals surface area contributed by atoms with Crippen molar-refractivity contribution in [2.45, 2.75) is 46.1 Å². The van der Waals surface area contributed by atoms with Gasteiger partial charge in [-0.3, -0.25) is 9.59 Å². The minimum Gasteiger partial charge on any atom is -0.481 e. The van der Waals surface area contributed by atoms with E-state index in [9.17, 15) is 19.5 Å². The van der Waals surface area contributed by atoms with Crippen LogP contribution < -0.4 is 5.32 Å². The third-order valence-corrected chi connectivity index (χ3v) is 3.24. The van der Waals surface area contributed by atoms with E-state index < -0.39 is 29.3 Å². The summed E-state index contributed by atoms with van der Waals surface area (Å²) in [6.07, 6.45) is 0.578. The van der Waals surface area contributed by atoms with Crippen molar-refractivity contribution in [2.75, 3.05) is 7.11 Å². The lowest BCUT2D eigenvalue weighted by molar-refractivity contribution is -0.152. The van der Waals surface area contributed by atoms with Crippen molar-refractivity contribution in [1.82, 2.24) is 5.32 Å². The van der Waals surface area contributed by atoms with Crippen molar-refractivity contribution in [3.63, 3.8) is 0 Å². The van der Waals surface area contributed by atoms with Crippen LogP contribution >= 0.6 is 0 Å². The first-order valence-electron chi connectivity index (χ1n) is 5.93. The highest BCUT2D eigenvalue weighted by Crippen LogP contribution is 2.30. The van der Waals surface area contributed by atoms with Crippen LogP contribution in [0.3, 0.4) is 0 Å². The predicted molar refractivity (Wildman–Crippen MR) is 64.9 cm³/mol. The lowest BCUT2D eigenvalue weighted by Crippen LogP contribution is -2.43. The first kappa shape index (κ1) is 16.4. The SMILES string of the molecule is CCC(CC)(CC(=O)NC(C)C(=O)OC)C(=O)O. The molecule has 0 aromatic heterocycles. The molecule has 104 valence electrons. The van der Waals surface area contributed by atoms with Crippen LogP contribution in [0.1, 0.15) is 40.0 Å². The Morgan fingerprint density at radius 1 is 1.28 bits per heavy atom. The number of carboxylic acid groups (broad SMARTS) is 1. The molecule has 0 aliphatic heterocycles. The third kappa shape index (κ3) is 4.01. The van der Waals surface area contributed by atoms with E-state index in [0.29, 0.717) is 12.8 Å². The van der Waals surface area contributed by atoms with Crippen LogP contribution in [0.25, 0.3) is 0 Å². The minimum absolute atomic E-state index is 0.142. The molecule has 6 heteroatoms. The average Bonchev–Trinajstić information content (AvgIpc) is 2.34. The fraction of sp³-hybridized carbons (Fsp3) is 0.750. The second kappa shape index (κ2) is 6.98. The van der Waals surface area contributed by atoms with E-state index in [2.05, 4.69) is 10.1 Å². The van der Waals surface area contributed by atoms with E-state index >= 15 is 0 Å². The van der Waals surface area contributed by atoms with E-state index in [1.165, 1.54) is 14.0 Å². The summed E-state index contributed by atoms with van der Waals surface area (Å²) < 4.78 is 4.47. The van der Waals surface area contributed by atoms with E-state index in [-0.39, 0.29) is 6.42 Å². The van der Waals surface area contributed by atoms with Crippen LogP contribution in [0.2, 0.25) is 0 Å². The summed E-state index contributed by atoms with van der Waals surface area (Å²) in [7, 11) is 1.23. The molecule has 1 unspecified atom stereocenters. The molecule has 0 saturated heterocycles. The lowest BCUT2D eigenvalue weighted by atomic mass is 9.79. The Morgan fingerprint density at radius 3 is 2.11 bits per heavy atom. The zero-order valence-corrected chi connectivity index (χ0v) is 11.3. The van der Waals surface area contributed by atoms with Crippen LogP contribution in [0.15, 0.2) is 0 Å². The van der Waals surface area contributed by atoms with E-state index in [1.54, 1.807) is 13.8 Å². The number of rotatable bonds is 7. The van der Waals surface area contributed by atoms with Crippen molar-refractivity contribution >= 4 is 17.8 Å². The van der Waals surface area contributed by atoms with Gasteiger partial charge in [-0.1, -0.05) is 13.8 Å². The van der Waals surface area contributed by atoms with Gasteiger partial charge in [0.1, 0.15) is 6.04 Å². The Kier molecular flexibility index (Phi) is 6.36. The highest BCUT2D eigenvalue weighted by molar-refractivity contribution is 5.88. The van der Waals surface area contributed by atoms with Gasteiger partial charge in [0.15, 0.2) is 0 Å². The Morgan fingerprint density at radius 2 is 1.78 bits per heavy atom. The molecule has 1 atom stereocenters. The average molecular weight is 259 g/mol. The van der Waals surface area contributed by atoms with E-state index in [1.807, 2.05) is 0 Å². The van der Waals surface area contributed by atoms with Crippen molar-refractivity contribution in [3.8, 4) is 0 Å². The molecule has 6 nitrogen and oxygen atoms in total. The van der Waals surface area contributed by atoms with E-state index in [0.717, 1.165) is 0 Å². The highest BCUT2D eigenvalue weighted by atomic mass is 16.5. The molecule has 0 aliphatic carbocycles. The number of aliphatic carboxylic acids is 1. The van der Waals surface area contributed by atoms with Gasteiger partial charge in [-0.05, 0) is 19.8 Å². The molecule has 0 aliphatic rings. The number of methoxy groups -OCH3 is 1. The standard InChI is InChI=1S/C12H21NO5/c1-5-12(6-2,11(16)17)7-9(14)13-8(3)10(15)18-4/h8H,5-7H2,1-4H3,(H,13,14)(H,16,17). The fourth-order valence-corrected chi connectivity index (χ4v) is 1.71. The number of carboxylic acids is 1. The third-order valence-electron chi connectivity index (χ3n) is 3.24. The molecule has 0 aromatic rings. The van der Waals surface area contributed by atoms with Gasteiger partial charge in [-0.15, -0.1) is 0 Å².